The lowest BCUT2D eigenvalue weighted by Crippen LogP contribution is -2.53. The summed E-state index contributed by atoms with van der Waals surface area (Å²) in [6.07, 6.45) is 4.98. The van der Waals surface area contributed by atoms with Gasteiger partial charge >= 0.3 is 5.69 Å². The third-order valence-corrected chi connectivity index (χ3v) is 3.95. The first-order valence-electron chi connectivity index (χ1n) is 6.10. The molecule has 7 heteroatoms. The Hall–Kier alpha value is -1.69. The number of hydrogen-bond donors (Lipinski definition) is 1. The van der Waals surface area contributed by atoms with Crippen LogP contribution >= 0.6 is 11.6 Å². The molecular formula is C12H14ClN3O3. The van der Waals surface area contributed by atoms with Gasteiger partial charge < -0.3 is 5.32 Å². The predicted molar refractivity (Wildman–Crippen MR) is 70.2 cm³/mol. The van der Waals surface area contributed by atoms with Crippen molar-refractivity contribution in [2.45, 2.75) is 38.1 Å². The molecule has 0 aliphatic heterocycles. The third-order valence-electron chi connectivity index (χ3n) is 3.67. The van der Waals surface area contributed by atoms with Gasteiger partial charge in [0.1, 0.15) is 5.56 Å². The highest BCUT2D eigenvalue weighted by molar-refractivity contribution is 6.32. The van der Waals surface area contributed by atoms with Gasteiger partial charge in [-0.15, -0.1) is 0 Å². The van der Waals surface area contributed by atoms with Gasteiger partial charge in [0.05, 0.1) is 4.92 Å². The molecule has 6 nitrogen and oxygen atoms in total. The van der Waals surface area contributed by atoms with E-state index in [-0.39, 0.29) is 16.3 Å². The second-order valence-corrected chi connectivity index (χ2v) is 5.05. The van der Waals surface area contributed by atoms with Gasteiger partial charge in [-0.2, -0.15) is 0 Å². The maximum Gasteiger partial charge on any atom is 0.319 e. The Kier molecular flexibility index (Phi) is 3.71. The lowest BCUT2D eigenvalue weighted by molar-refractivity contribution is -0.385. The van der Waals surface area contributed by atoms with E-state index in [9.17, 15) is 14.9 Å². The number of pyridine rings is 1. The summed E-state index contributed by atoms with van der Waals surface area (Å²) in [6.45, 7) is 1.99. The Labute approximate surface area is 115 Å². The van der Waals surface area contributed by atoms with E-state index < -0.39 is 16.5 Å². The van der Waals surface area contributed by atoms with Gasteiger partial charge in [-0.1, -0.05) is 18.5 Å². The second kappa shape index (κ2) is 5.13. The van der Waals surface area contributed by atoms with Crippen molar-refractivity contribution < 1.29 is 9.72 Å². The summed E-state index contributed by atoms with van der Waals surface area (Å²) in [5.74, 6) is -0.461. The number of carbonyl (C=O) groups excluding carboxylic acids is 1. The number of carbonyl (C=O) groups is 1. The van der Waals surface area contributed by atoms with Crippen LogP contribution in [0.4, 0.5) is 5.69 Å². The molecule has 0 saturated heterocycles. The van der Waals surface area contributed by atoms with E-state index in [2.05, 4.69) is 10.3 Å². The topological polar surface area (TPSA) is 85.1 Å². The monoisotopic (exact) mass is 283 g/mol. The molecule has 19 heavy (non-hydrogen) atoms. The van der Waals surface area contributed by atoms with Gasteiger partial charge in [0.25, 0.3) is 5.91 Å². The molecule has 2 rings (SSSR count). The van der Waals surface area contributed by atoms with Crippen LogP contribution in [0.25, 0.3) is 0 Å². The van der Waals surface area contributed by atoms with E-state index >= 15 is 0 Å². The van der Waals surface area contributed by atoms with Crippen molar-refractivity contribution in [3.63, 3.8) is 0 Å². The van der Waals surface area contributed by atoms with Crippen molar-refractivity contribution in [1.82, 2.24) is 10.3 Å². The first-order valence-corrected chi connectivity index (χ1v) is 6.48. The Morgan fingerprint density at radius 2 is 2.32 bits per heavy atom. The summed E-state index contributed by atoms with van der Waals surface area (Å²) in [6, 6.07) is 1.32. The van der Waals surface area contributed by atoms with Gasteiger partial charge in [-0.25, -0.2) is 4.98 Å². The SMILES string of the molecule is CCC1(NC(=O)c2ccnc(Cl)c2[N+](=O)[O-])CCC1. The minimum Gasteiger partial charge on any atom is -0.346 e. The van der Waals surface area contributed by atoms with Crippen LogP contribution in [0.3, 0.4) is 0 Å². The molecule has 1 saturated carbocycles. The highest BCUT2D eigenvalue weighted by atomic mass is 35.5. The smallest absolute Gasteiger partial charge is 0.319 e. The van der Waals surface area contributed by atoms with E-state index in [1.165, 1.54) is 12.3 Å². The second-order valence-electron chi connectivity index (χ2n) is 4.70. The molecule has 1 aliphatic rings. The molecule has 0 unspecified atom stereocenters. The van der Waals surface area contributed by atoms with Crippen molar-refractivity contribution in [2.24, 2.45) is 0 Å². The van der Waals surface area contributed by atoms with Crippen LogP contribution in [-0.2, 0) is 0 Å². The number of nitrogens with one attached hydrogen (secondary N) is 1. The molecule has 0 spiro atoms. The minimum atomic E-state index is -0.677. The molecule has 1 aromatic rings. The molecule has 1 aliphatic carbocycles. The maximum atomic E-state index is 12.2. The molecule has 1 aromatic heterocycles. The summed E-state index contributed by atoms with van der Waals surface area (Å²) < 4.78 is 0. The van der Waals surface area contributed by atoms with E-state index in [0.29, 0.717) is 0 Å². The Bertz CT molecular complexity index is 523. The Morgan fingerprint density at radius 1 is 1.63 bits per heavy atom. The lowest BCUT2D eigenvalue weighted by atomic mass is 9.74. The van der Waals surface area contributed by atoms with Crippen LogP contribution in [0, 0.1) is 10.1 Å². The van der Waals surface area contributed by atoms with Crippen molar-refractivity contribution in [3.05, 3.63) is 33.1 Å². The number of aromatic nitrogens is 1. The summed E-state index contributed by atoms with van der Waals surface area (Å²) in [7, 11) is 0. The predicted octanol–water partition coefficient (Wildman–Crippen LogP) is 2.71. The van der Waals surface area contributed by atoms with Crippen LogP contribution in [0.2, 0.25) is 5.15 Å². The maximum absolute atomic E-state index is 12.2. The van der Waals surface area contributed by atoms with Gasteiger partial charge in [0, 0.05) is 11.7 Å². The molecule has 102 valence electrons. The van der Waals surface area contributed by atoms with Crippen LogP contribution in [0.5, 0.6) is 0 Å². The van der Waals surface area contributed by atoms with Gasteiger partial charge in [-0.3, -0.25) is 14.9 Å². The normalized spacial score (nSPS) is 16.5. The fourth-order valence-corrected chi connectivity index (χ4v) is 2.49. The van der Waals surface area contributed by atoms with E-state index in [1.54, 1.807) is 0 Å². The Balaban J connectivity index is 2.29. The largest absolute Gasteiger partial charge is 0.346 e. The van der Waals surface area contributed by atoms with Crippen LogP contribution in [-0.4, -0.2) is 21.4 Å². The van der Waals surface area contributed by atoms with E-state index in [1.807, 2.05) is 6.92 Å². The molecule has 1 heterocycles. The van der Waals surface area contributed by atoms with Crippen molar-refractivity contribution in [2.75, 3.05) is 0 Å². The molecule has 0 bridgehead atoms. The zero-order valence-corrected chi connectivity index (χ0v) is 11.2. The fourth-order valence-electron chi connectivity index (χ4n) is 2.26. The molecular weight excluding hydrogens is 270 g/mol. The molecule has 0 atom stereocenters. The summed E-state index contributed by atoms with van der Waals surface area (Å²) in [5.41, 5.74) is -0.697. The van der Waals surface area contributed by atoms with E-state index in [4.69, 9.17) is 11.6 Å². The number of amides is 1. The summed E-state index contributed by atoms with van der Waals surface area (Å²) in [4.78, 5) is 26.1. The van der Waals surface area contributed by atoms with Crippen LogP contribution in [0.15, 0.2) is 12.3 Å². The number of nitro groups is 1. The van der Waals surface area contributed by atoms with Crippen molar-refractivity contribution in [3.8, 4) is 0 Å². The number of hydrogen-bond acceptors (Lipinski definition) is 4. The zero-order chi connectivity index (χ0) is 14.0. The summed E-state index contributed by atoms with van der Waals surface area (Å²) in [5, 5.41) is 13.6. The number of halogens is 1. The highest BCUT2D eigenvalue weighted by Crippen LogP contribution is 2.35. The minimum absolute atomic E-state index is 0.0373. The first kappa shape index (κ1) is 13.7. The average Bonchev–Trinajstić information content (AvgIpc) is 2.32. The Morgan fingerprint density at radius 3 is 2.79 bits per heavy atom. The lowest BCUT2D eigenvalue weighted by Gasteiger charge is -2.41. The number of rotatable bonds is 4. The zero-order valence-electron chi connectivity index (χ0n) is 10.5. The number of nitrogens with zero attached hydrogens (tertiary/aromatic N) is 2. The quantitative estimate of drug-likeness (QED) is 0.523. The average molecular weight is 284 g/mol. The third kappa shape index (κ3) is 2.53. The van der Waals surface area contributed by atoms with Gasteiger partial charge in [0.2, 0.25) is 5.15 Å². The summed E-state index contributed by atoms with van der Waals surface area (Å²) >= 11 is 5.69. The molecule has 1 amide bonds. The highest BCUT2D eigenvalue weighted by Gasteiger charge is 2.38. The van der Waals surface area contributed by atoms with Crippen LogP contribution < -0.4 is 5.32 Å². The molecule has 0 radical (unpaired) electrons. The molecule has 0 aromatic carbocycles. The van der Waals surface area contributed by atoms with Crippen molar-refractivity contribution >= 4 is 23.2 Å². The molecule has 1 fully saturated rings. The standard InChI is InChI=1S/C12H14ClN3O3/c1-2-12(5-3-6-12)15-11(17)8-4-7-14-10(13)9(8)16(18)19/h4,7H,2-3,5-6H2,1H3,(H,15,17). The molecule has 1 N–H and O–H groups in total. The fraction of sp³-hybridized carbons (Fsp3) is 0.500. The van der Waals surface area contributed by atoms with Gasteiger partial charge in [-0.05, 0) is 31.7 Å². The van der Waals surface area contributed by atoms with Crippen molar-refractivity contribution in [1.29, 1.82) is 0 Å². The van der Waals surface area contributed by atoms with Gasteiger partial charge in [0.15, 0.2) is 0 Å². The van der Waals surface area contributed by atoms with Crippen LogP contribution in [0.1, 0.15) is 43.0 Å². The van der Waals surface area contributed by atoms with E-state index in [0.717, 1.165) is 25.7 Å². The first-order chi connectivity index (χ1) is 8.99.